The molecule has 2 heterocycles. The number of benzene rings is 4. The van der Waals surface area contributed by atoms with Gasteiger partial charge in [0.25, 0.3) is 5.91 Å². The number of hydrogen-bond donors (Lipinski definition) is 0. The zero-order valence-corrected chi connectivity index (χ0v) is 24.3. The minimum absolute atomic E-state index is 0.0428. The van der Waals surface area contributed by atoms with E-state index in [0.717, 1.165) is 47.2 Å². The number of fused-ring (bicyclic) bond motifs is 1. The van der Waals surface area contributed by atoms with Gasteiger partial charge in [-0.25, -0.2) is 4.98 Å². The maximum absolute atomic E-state index is 14.2. The highest BCUT2D eigenvalue weighted by Crippen LogP contribution is 2.33. The number of amides is 1. The number of hydrogen-bond acceptors (Lipinski definition) is 3. The van der Waals surface area contributed by atoms with Gasteiger partial charge in [0, 0.05) is 42.2 Å². The second-order valence-electron chi connectivity index (χ2n) is 10.7. The zero-order valence-electron chi connectivity index (χ0n) is 23.6. The molecule has 4 nitrogen and oxygen atoms in total. The Bertz CT molecular complexity index is 1620. The number of aromatic nitrogens is 1. The topological polar surface area (TPSA) is 36.4 Å². The number of carbonyl (C=O) groups is 1. The van der Waals surface area contributed by atoms with Crippen LogP contribution in [0.4, 0.5) is 0 Å². The second-order valence-corrected chi connectivity index (χ2v) is 11.1. The molecule has 1 fully saturated rings. The van der Waals surface area contributed by atoms with Crippen molar-refractivity contribution in [3.05, 3.63) is 136 Å². The molecule has 4 aromatic carbocycles. The lowest BCUT2D eigenvalue weighted by Crippen LogP contribution is -2.49. The summed E-state index contributed by atoms with van der Waals surface area (Å²) in [6.07, 6.45) is 0.977. The summed E-state index contributed by atoms with van der Waals surface area (Å²) in [6, 6.07) is 35.6. The number of pyridine rings is 1. The molecule has 0 unspecified atom stereocenters. The summed E-state index contributed by atoms with van der Waals surface area (Å²) >= 11 is 6.51. The van der Waals surface area contributed by atoms with Crippen LogP contribution < -0.4 is 0 Å². The third kappa shape index (κ3) is 5.50. The van der Waals surface area contributed by atoms with E-state index in [-0.39, 0.29) is 11.9 Å². The molecule has 1 aliphatic rings. The van der Waals surface area contributed by atoms with E-state index in [1.807, 2.05) is 30.0 Å². The maximum atomic E-state index is 14.2. The summed E-state index contributed by atoms with van der Waals surface area (Å²) in [5.74, 6) is 0.0428. The molecule has 1 saturated heterocycles. The molecule has 41 heavy (non-hydrogen) atoms. The first-order valence-electron chi connectivity index (χ1n) is 14.4. The highest BCUT2D eigenvalue weighted by molar-refractivity contribution is 6.32. The van der Waals surface area contributed by atoms with Crippen LogP contribution in [-0.4, -0.2) is 46.9 Å². The smallest absolute Gasteiger partial charge is 0.254 e. The number of rotatable bonds is 6. The summed E-state index contributed by atoms with van der Waals surface area (Å²) < 4.78 is 0. The summed E-state index contributed by atoms with van der Waals surface area (Å²) in [6.45, 7) is 7.02. The molecule has 5 aromatic rings. The van der Waals surface area contributed by atoms with Gasteiger partial charge in [-0.3, -0.25) is 9.69 Å². The molecule has 0 bridgehead atoms. The van der Waals surface area contributed by atoms with Gasteiger partial charge in [0.15, 0.2) is 0 Å². The molecular weight excluding hydrogens is 526 g/mol. The van der Waals surface area contributed by atoms with Gasteiger partial charge < -0.3 is 4.90 Å². The molecule has 1 amide bonds. The lowest BCUT2D eigenvalue weighted by Gasteiger charge is -2.40. The van der Waals surface area contributed by atoms with Gasteiger partial charge in [0.2, 0.25) is 0 Å². The predicted molar refractivity (Wildman–Crippen MR) is 169 cm³/mol. The van der Waals surface area contributed by atoms with Gasteiger partial charge in [-0.15, -0.1) is 0 Å². The van der Waals surface area contributed by atoms with Crippen molar-refractivity contribution >= 4 is 28.4 Å². The van der Waals surface area contributed by atoms with Crippen LogP contribution in [-0.2, 0) is 6.42 Å². The zero-order chi connectivity index (χ0) is 28.3. The first kappa shape index (κ1) is 27.2. The van der Waals surface area contributed by atoms with E-state index < -0.39 is 0 Å². The maximum Gasteiger partial charge on any atom is 0.254 e. The fourth-order valence-electron chi connectivity index (χ4n) is 5.88. The quantitative estimate of drug-likeness (QED) is 0.212. The van der Waals surface area contributed by atoms with E-state index in [1.54, 1.807) is 0 Å². The molecule has 0 aliphatic carbocycles. The van der Waals surface area contributed by atoms with Crippen molar-refractivity contribution in [1.82, 2.24) is 14.8 Å². The van der Waals surface area contributed by atoms with Crippen LogP contribution in [0.25, 0.3) is 22.2 Å². The standard InChI is InChI=1S/C36H34ClN3O/c1-3-26-14-16-27(17-15-26)33-24-31(30-18-19-32(37)25(2)34(30)38-33)36(41)40-22-20-39(21-23-40)35(28-10-6-4-7-11-28)29-12-8-5-9-13-29/h4-19,24,35H,3,20-23H2,1-2H3. The Balaban J connectivity index is 1.31. The van der Waals surface area contributed by atoms with E-state index in [0.29, 0.717) is 23.7 Å². The molecular formula is C36H34ClN3O. The predicted octanol–water partition coefficient (Wildman–Crippen LogP) is 7.97. The molecule has 0 spiro atoms. The van der Waals surface area contributed by atoms with Gasteiger partial charge in [0.05, 0.1) is 22.8 Å². The summed E-state index contributed by atoms with van der Waals surface area (Å²) in [7, 11) is 0. The number of aryl methyl sites for hydroxylation is 2. The first-order valence-corrected chi connectivity index (χ1v) is 14.7. The monoisotopic (exact) mass is 559 g/mol. The second kappa shape index (κ2) is 11.9. The van der Waals surface area contributed by atoms with Crippen molar-refractivity contribution < 1.29 is 4.79 Å². The third-order valence-electron chi connectivity index (χ3n) is 8.25. The molecule has 206 valence electrons. The van der Waals surface area contributed by atoms with Crippen LogP contribution in [0.2, 0.25) is 5.02 Å². The normalized spacial score (nSPS) is 14.1. The fraction of sp³-hybridized carbons (Fsp3) is 0.222. The number of halogens is 1. The van der Waals surface area contributed by atoms with Crippen LogP contribution >= 0.6 is 11.6 Å². The van der Waals surface area contributed by atoms with E-state index in [2.05, 4.69) is 96.8 Å². The molecule has 0 saturated carbocycles. The Hall–Kier alpha value is -3.99. The Kier molecular flexibility index (Phi) is 7.86. The fourth-order valence-corrected chi connectivity index (χ4v) is 6.03. The summed E-state index contributed by atoms with van der Waals surface area (Å²) in [4.78, 5) is 23.6. The van der Waals surface area contributed by atoms with Crippen molar-refractivity contribution in [3.8, 4) is 11.3 Å². The average molecular weight is 560 g/mol. The summed E-state index contributed by atoms with van der Waals surface area (Å²) in [5, 5.41) is 1.50. The number of piperazine rings is 1. The van der Waals surface area contributed by atoms with E-state index in [9.17, 15) is 4.79 Å². The molecule has 5 heteroatoms. The highest BCUT2D eigenvalue weighted by atomic mass is 35.5. The highest BCUT2D eigenvalue weighted by Gasteiger charge is 2.29. The van der Waals surface area contributed by atoms with Crippen LogP contribution in [0.1, 0.15) is 45.6 Å². The van der Waals surface area contributed by atoms with Crippen LogP contribution in [0.3, 0.4) is 0 Å². The Morgan fingerprint density at radius 1 is 0.829 bits per heavy atom. The first-order chi connectivity index (χ1) is 20.0. The average Bonchev–Trinajstić information content (AvgIpc) is 3.03. The van der Waals surface area contributed by atoms with Crippen molar-refractivity contribution in [2.24, 2.45) is 0 Å². The van der Waals surface area contributed by atoms with Crippen molar-refractivity contribution in [2.45, 2.75) is 26.3 Å². The van der Waals surface area contributed by atoms with Crippen molar-refractivity contribution in [2.75, 3.05) is 26.2 Å². The van der Waals surface area contributed by atoms with E-state index in [1.165, 1.54) is 16.7 Å². The SMILES string of the molecule is CCc1ccc(-c2cc(C(=O)N3CCN(C(c4ccccc4)c4ccccc4)CC3)c3ccc(Cl)c(C)c3n2)cc1. The van der Waals surface area contributed by atoms with Crippen molar-refractivity contribution in [3.63, 3.8) is 0 Å². The van der Waals surface area contributed by atoms with Gasteiger partial charge in [0.1, 0.15) is 0 Å². The number of carbonyl (C=O) groups excluding carboxylic acids is 1. The van der Waals surface area contributed by atoms with Crippen LogP contribution in [0, 0.1) is 6.92 Å². The van der Waals surface area contributed by atoms with Gasteiger partial charge >= 0.3 is 0 Å². The lowest BCUT2D eigenvalue weighted by molar-refractivity contribution is 0.0599. The van der Waals surface area contributed by atoms with Gasteiger partial charge in [-0.1, -0.05) is 110 Å². The molecule has 0 radical (unpaired) electrons. The summed E-state index contributed by atoms with van der Waals surface area (Å²) in [5.41, 5.74) is 7.95. The van der Waals surface area contributed by atoms with Crippen LogP contribution in [0.5, 0.6) is 0 Å². The molecule has 1 aromatic heterocycles. The lowest BCUT2D eigenvalue weighted by atomic mass is 9.96. The molecule has 0 atom stereocenters. The Labute approximate surface area is 247 Å². The van der Waals surface area contributed by atoms with E-state index in [4.69, 9.17) is 16.6 Å². The minimum atomic E-state index is 0.0428. The van der Waals surface area contributed by atoms with E-state index >= 15 is 0 Å². The van der Waals surface area contributed by atoms with Crippen molar-refractivity contribution in [1.29, 1.82) is 0 Å². The molecule has 1 aliphatic heterocycles. The minimum Gasteiger partial charge on any atom is -0.336 e. The Morgan fingerprint density at radius 3 is 2.02 bits per heavy atom. The van der Waals surface area contributed by atoms with Crippen LogP contribution in [0.15, 0.2) is 103 Å². The van der Waals surface area contributed by atoms with Gasteiger partial charge in [-0.05, 0) is 47.7 Å². The largest absolute Gasteiger partial charge is 0.336 e. The Morgan fingerprint density at radius 2 is 1.44 bits per heavy atom. The van der Waals surface area contributed by atoms with Gasteiger partial charge in [-0.2, -0.15) is 0 Å². The molecule has 6 rings (SSSR count). The third-order valence-corrected chi connectivity index (χ3v) is 8.66. The number of nitrogens with zero attached hydrogens (tertiary/aromatic N) is 3. The molecule has 0 N–H and O–H groups in total.